The fourth-order valence-corrected chi connectivity index (χ4v) is 2.99. The third-order valence-electron chi connectivity index (χ3n) is 3.41. The number of nitro benzene ring substituents is 1. The zero-order chi connectivity index (χ0) is 15.7. The van der Waals surface area contributed by atoms with Gasteiger partial charge in [-0.05, 0) is 28.9 Å². The van der Waals surface area contributed by atoms with E-state index < -0.39 is 16.8 Å². The van der Waals surface area contributed by atoms with Crippen LogP contribution in [-0.2, 0) is 14.3 Å². The smallest absolute Gasteiger partial charge is 0.311 e. The second kappa shape index (κ2) is 5.80. The maximum Gasteiger partial charge on any atom is 0.311 e. The summed E-state index contributed by atoms with van der Waals surface area (Å²) in [5.41, 5.74) is 0.818. The Kier molecular flexibility index (Phi) is 4.26. The Labute approximate surface area is 129 Å². The number of nitro groups is 1. The van der Waals surface area contributed by atoms with E-state index >= 15 is 0 Å². The number of hydrogen-bond donors (Lipinski definition) is 0. The lowest BCUT2D eigenvalue weighted by atomic mass is 10.1. The van der Waals surface area contributed by atoms with E-state index in [1.807, 2.05) is 0 Å². The van der Waals surface area contributed by atoms with Crippen LogP contribution in [0.15, 0.2) is 16.6 Å². The van der Waals surface area contributed by atoms with Crippen molar-refractivity contribution in [3.05, 3.63) is 32.3 Å². The highest BCUT2D eigenvalue weighted by atomic mass is 79.9. The molecule has 1 amide bonds. The van der Waals surface area contributed by atoms with Gasteiger partial charge in [-0.1, -0.05) is 0 Å². The first-order valence-electron chi connectivity index (χ1n) is 6.18. The number of amides is 1. The minimum atomic E-state index is -0.547. The van der Waals surface area contributed by atoms with Gasteiger partial charge >= 0.3 is 5.97 Å². The standard InChI is InChI=1S/C13H13BrN2O5/c1-7-3-9(14)11(5-10(7)16(19)20)15-6-8(4-12(15)17)13(18)21-2/h3,5,8H,4,6H2,1-2H3. The van der Waals surface area contributed by atoms with E-state index in [1.54, 1.807) is 13.0 Å². The maximum absolute atomic E-state index is 12.1. The van der Waals surface area contributed by atoms with Gasteiger partial charge in [0.1, 0.15) is 0 Å². The zero-order valence-corrected chi connectivity index (χ0v) is 13.0. The van der Waals surface area contributed by atoms with Crippen LogP contribution < -0.4 is 4.90 Å². The molecule has 2 rings (SSSR count). The molecule has 1 aliphatic heterocycles. The van der Waals surface area contributed by atoms with Crippen molar-refractivity contribution in [3.8, 4) is 0 Å². The molecule has 0 saturated carbocycles. The molecule has 0 N–H and O–H groups in total. The number of carbonyl (C=O) groups is 2. The van der Waals surface area contributed by atoms with Gasteiger partial charge in [0.2, 0.25) is 5.91 Å². The topological polar surface area (TPSA) is 89.8 Å². The third-order valence-corrected chi connectivity index (χ3v) is 4.05. The summed E-state index contributed by atoms with van der Waals surface area (Å²) in [4.78, 5) is 35.5. The molecular formula is C13H13BrN2O5. The van der Waals surface area contributed by atoms with Crippen LogP contribution in [0.3, 0.4) is 0 Å². The van der Waals surface area contributed by atoms with Crippen molar-refractivity contribution in [1.82, 2.24) is 0 Å². The van der Waals surface area contributed by atoms with Crippen molar-refractivity contribution in [2.45, 2.75) is 13.3 Å². The van der Waals surface area contributed by atoms with E-state index in [1.165, 1.54) is 18.1 Å². The van der Waals surface area contributed by atoms with Gasteiger partial charge in [0.25, 0.3) is 5.69 Å². The van der Waals surface area contributed by atoms with Gasteiger partial charge in [-0.3, -0.25) is 19.7 Å². The van der Waals surface area contributed by atoms with Gasteiger partial charge in [0, 0.05) is 29.1 Å². The van der Waals surface area contributed by atoms with E-state index in [9.17, 15) is 19.7 Å². The fraction of sp³-hybridized carbons (Fsp3) is 0.385. The molecule has 1 aromatic rings. The molecule has 1 aliphatic rings. The summed E-state index contributed by atoms with van der Waals surface area (Å²) in [5.74, 6) is -1.26. The summed E-state index contributed by atoms with van der Waals surface area (Å²) in [6.45, 7) is 1.78. The molecule has 112 valence electrons. The summed E-state index contributed by atoms with van der Waals surface area (Å²) in [5, 5.41) is 11.0. The van der Waals surface area contributed by atoms with Gasteiger partial charge in [0.15, 0.2) is 0 Å². The van der Waals surface area contributed by atoms with Crippen LogP contribution in [0, 0.1) is 23.0 Å². The average molecular weight is 357 g/mol. The highest BCUT2D eigenvalue weighted by molar-refractivity contribution is 9.10. The average Bonchev–Trinajstić information content (AvgIpc) is 2.79. The third kappa shape index (κ3) is 2.90. The second-order valence-electron chi connectivity index (χ2n) is 4.78. The number of nitrogens with zero attached hydrogens (tertiary/aromatic N) is 2. The van der Waals surface area contributed by atoms with Crippen molar-refractivity contribution in [1.29, 1.82) is 0 Å². The first-order valence-corrected chi connectivity index (χ1v) is 6.97. The predicted molar refractivity (Wildman–Crippen MR) is 78.0 cm³/mol. The number of anilines is 1. The first kappa shape index (κ1) is 15.4. The van der Waals surface area contributed by atoms with Crippen molar-refractivity contribution in [3.63, 3.8) is 0 Å². The second-order valence-corrected chi connectivity index (χ2v) is 5.63. The van der Waals surface area contributed by atoms with Gasteiger partial charge < -0.3 is 9.64 Å². The van der Waals surface area contributed by atoms with Crippen molar-refractivity contribution in [2.75, 3.05) is 18.6 Å². The summed E-state index contributed by atoms with van der Waals surface area (Å²) in [6.07, 6.45) is 0.0424. The van der Waals surface area contributed by atoms with Crippen LogP contribution in [-0.4, -0.2) is 30.5 Å². The molecule has 0 bridgehead atoms. The minimum absolute atomic E-state index is 0.0424. The number of ether oxygens (including phenoxy) is 1. The van der Waals surface area contributed by atoms with Crippen LogP contribution in [0.1, 0.15) is 12.0 Å². The number of methoxy groups -OCH3 is 1. The number of hydrogen-bond acceptors (Lipinski definition) is 5. The van der Waals surface area contributed by atoms with Gasteiger partial charge in [-0.15, -0.1) is 0 Å². The van der Waals surface area contributed by atoms with Crippen LogP contribution in [0.2, 0.25) is 0 Å². The van der Waals surface area contributed by atoms with E-state index in [-0.39, 0.29) is 24.6 Å². The molecule has 0 spiro atoms. The maximum atomic E-state index is 12.1. The van der Waals surface area contributed by atoms with Crippen molar-refractivity contribution < 1.29 is 19.2 Å². The molecule has 7 nitrogen and oxygen atoms in total. The van der Waals surface area contributed by atoms with E-state index in [4.69, 9.17) is 0 Å². The number of esters is 1. The summed E-state index contributed by atoms with van der Waals surface area (Å²) in [7, 11) is 1.27. The predicted octanol–water partition coefficient (Wildman–Crippen LogP) is 2.19. The Morgan fingerprint density at radius 3 is 2.76 bits per heavy atom. The van der Waals surface area contributed by atoms with E-state index in [2.05, 4.69) is 20.7 Å². The summed E-state index contributed by atoms with van der Waals surface area (Å²) < 4.78 is 5.21. The summed E-state index contributed by atoms with van der Waals surface area (Å²) in [6, 6.07) is 2.93. The van der Waals surface area contributed by atoms with Gasteiger partial charge in [0.05, 0.1) is 23.6 Å². The van der Waals surface area contributed by atoms with Crippen LogP contribution in [0.25, 0.3) is 0 Å². The molecule has 8 heteroatoms. The number of carbonyl (C=O) groups excluding carboxylic acids is 2. The van der Waals surface area contributed by atoms with Crippen LogP contribution >= 0.6 is 15.9 Å². The molecular weight excluding hydrogens is 344 g/mol. The van der Waals surface area contributed by atoms with E-state index in [0.29, 0.717) is 15.7 Å². The molecule has 21 heavy (non-hydrogen) atoms. The number of benzene rings is 1. The highest BCUT2D eigenvalue weighted by Gasteiger charge is 2.37. The number of halogens is 1. The molecule has 1 aromatic carbocycles. The summed E-state index contributed by atoms with van der Waals surface area (Å²) >= 11 is 3.31. The minimum Gasteiger partial charge on any atom is -0.469 e. The molecule has 0 aliphatic carbocycles. The first-order chi connectivity index (χ1) is 9.85. The Balaban J connectivity index is 2.38. The molecule has 1 heterocycles. The number of aryl methyl sites for hydroxylation is 1. The Morgan fingerprint density at radius 2 is 2.19 bits per heavy atom. The SMILES string of the molecule is COC(=O)C1CC(=O)N(c2cc([N+](=O)[O-])c(C)cc2Br)C1. The quantitative estimate of drug-likeness (QED) is 0.470. The van der Waals surface area contributed by atoms with Gasteiger partial charge in [-0.25, -0.2) is 0 Å². The largest absolute Gasteiger partial charge is 0.469 e. The molecule has 0 radical (unpaired) electrons. The zero-order valence-electron chi connectivity index (χ0n) is 11.5. The highest BCUT2D eigenvalue weighted by Crippen LogP contribution is 2.36. The lowest BCUT2D eigenvalue weighted by Gasteiger charge is -2.18. The normalized spacial score (nSPS) is 18.0. The lowest BCUT2D eigenvalue weighted by molar-refractivity contribution is -0.385. The van der Waals surface area contributed by atoms with E-state index in [0.717, 1.165) is 0 Å². The Morgan fingerprint density at radius 1 is 1.52 bits per heavy atom. The molecule has 0 aromatic heterocycles. The monoisotopic (exact) mass is 356 g/mol. The lowest BCUT2D eigenvalue weighted by Crippen LogP contribution is -2.26. The molecule has 1 saturated heterocycles. The van der Waals surface area contributed by atoms with Crippen LogP contribution in [0.5, 0.6) is 0 Å². The molecule has 1 fully saturated rings. The van der Waals surface area contributed by atoms with Crippen LogP contribution in [0.4, 0.5) is 11.4 Å². The Hall–Kier alpha value is -1.96. The molecule has 1 unspecified atom stereocenters. The molecule has 1 atom stereocenters. The number of rotatable bonds is 3. The van der Waals surface area contributed by atoms with Gasteiger partial charge in [-0.2, -0.15) is 0 Å². The fourth-order valence-electron chi connectivity index (χ4n) is 2.32. The van der Waals surface area contributed by atoms with Crippen molar-refractivity contribution >= 4 is 39.2 Å². The Bertz CT molecular complexity index is 631. The van der Waals surface area contributed by atoms with Crippen molar-refractivity contribution in [2.24, 2.45) is 5.92 Å².